The Balaban J connectivity index is 1.34. The van der Waals surface area contributed by atoms with Crippen LogP contribution in [0.5, 0.6) is 0 Å². The van der Waals surface area contributed by atoms with Crippen LogP contribution in [0.2, 0.25) is 0 Å². The van der Waals surface area contributed by atoms with Gasteiger partial charge in [0.15, 0.2) is 0 Å². The molecule has 0 spiro atoms. The first kappa shape index (κ1) is 26.4. The number of thiophene rings is 2. The third kappa shape index (κ3) is 5.39. The van der Waals surface area contributed by atoms with E-state index in [1.165, 1.54) is 22.7 Å². The van der Waals surface area contributed by atoms with Crippen molar-refractivity contribution in [3.63, 3.8) is 0 Å². The van der Waals surface area contributed by atoms with Crippen LogP contribution < -0.4 is 0 Å². The number of hydrogen-bond acceptors (Lipinski definition) is 3. The molecular weight excluding hydrogens is 865 g/mol. The minimum Gasteiger partial charge on any atom is -0.316 e. The van der Waals surface area contributed by atoms with Crippen LogP contribution in [0.3, 0.4) is 0 Å². The standard InChI is InChI=1S/C62H34N4S2/c1-64-56-54(38-19-7-3-8-20-38)49(36-63)57(65-50-26-14-11-23-41(50)42-30-29-40(35-51(42)65)37-17-5-2-6-18-37)55(39-21-9-4-10-22-39)60(56)66-58-45(31-33-47-43-24-12-15-27-52(43)67-61(47)58)46-32-34-48-44-25-13-16-28-53(44)68-62(48)59(46)66/h2-35H/i2D,3D,4D,5D,6D,7D,8D,9D,10D,17D,18D,19D,20D,21D,22D. The summed E-state index contributed by atoms with van der Waals surface area (Å²) in [6.45, 7) is 9.53. The van der Waals surface area contributed by atoms with Gasteiger partial charge in [-0.05, 0) is 46.5 Å². The number of para-hydroxylation sites is 1. The molecule has 4 heterocycles. The second-order valence-corrected chi connectivity index (χ2v) is 18.3. The first-order valence-electron chi connectivity index (χ1n) is 28.9. The van der Waals surface area contributed by atoms with E-state index in [9.17, 15) is 20.1 Å². The molecule has 10 aromatic carbocycles. The predicted molar refractivity (Wildman–Crippen MR) is 288 cm³/mol. The van der Waals surface area contributed by atoms with Gasteiger partial charge in [0, 0.05) is 63.6 Å². The Morgan fingerprint density at radius 3 is 1.51 bits per heavy atom. The number of benzene rings is 10. The summed E-state index contributed by atoms with van der Waals surface area (Å²) in [5, 5.41) is 18.1. The van der Waals surface area contributed by atoms with Gasteiger partial charge in [-0.3, -0.25) is 0 Å². The molecule has 14 aromatic rings. The van der Waals surface area contributed by atoms with Crippen molar-refractivity contribution in [3.05, 3.63) is 223 Å². The highest BCUT2D eigenvalue weighted by molar-refractivity contribution is 7.27. The van der Waals surface area contributed by atoms with Crippen molar-refractivity contribution in [1.82, 2.24) is 9.13 Å². The molecule has 0 aliphatic carbocycles. The second kappa shape index (κ2) is 14.9. The molecule has 0 unspecified atom stereocenters. The zero-order chi connectivity index (χ0) is 58.1. The second-order valence-electron chi connectivity index (χ2n) is 16.2. The van der Waals surface area contributed by atoms with E-state index in [1.807, 2.05) is 77.4 Å². The molecule has 4 nitrogen and oxygen atoms in total. The van der Waals surface area contributed by atoms with E-state index in [-0.39, 0.29) is 33.6 Å². The van der Waals surface area contributed by atoms with E-state index in [4.69, 9.17) is 12.3 Å². The molecule has 314 valence electrons. The topological polar surface area (TPSA) is 38.0 Å². The van der Waals surface area contributed by atoms with Crippen molar-refractivity contribution in [3.8, 4) is 50.8 Å². The van der Waals surface area contributed by atoms with Gasteiger partial charge in [0.1, 0.15) is 6.07 Å². The maximum absolute atomic E-state index is 12.2. The Bertz CT molecular complexity index is 5230. The summed E-state index contributed by atoms with van der Waals surface area (Å²) in [4.78, 5) is 4.28. The highest BCUT2D eigenvalue weighted by atomic mass is 32.1. The largest absolute Gasteiger partial charge is 0.316 e. The number of aromatic nitrogens is 2. The summed E-state index contributed by atoms with van der Waals surface area (Å²) < 4.78 is 144. The number of hydrogen-bond donors (Lipinski definition) is 0. The van der Waals surface area contributed by atoms with Crippen LogP contribution in [0.4, 0.5) is 5.69 Å². The summed E-state index contributed by atoms with van der Waals surface area (Å²) in [5.41, 5.74) is -1.28. The molecule has 4 aromatic heterocycles. The smallest absolute Gasteiger partial charge is 0.220 e. The van der Waals surface area contributed by atoms with Gasteiger partial charge in [-0.15, -0.1) is 22.7 Å². The lowest BCUT2D eigenvalue weighted by atomic mass is 9.88. The number of fused-ring (bicyclic) bond motifs is 14. The fourth-order valence-corrected chi connectivity index (χ4v) is 12.6. The Labute approximate surface area is 419 Å². The van der Waals surface area contributed by atoms with Gasteiger partial charge < -0.3 is 9.13 Å². The minimum atomic E-state index is -0.769. The molecule has 14 rings (SSSR count). The van der Waals surface area contributed by atoms with Gasteiger partial charge in [-0.2, -0.15) is 5.26 Å². The van der Waals surface area contributed by atoms with Gasteiger partial charge in [0.05, 0.1) is 75.5 Å². The van der Waals surface area contributed by atoms with Crippen LogP contribution in [0.15, 0.2) is 206 Å². The molecule has 0 N–H and O–H groups in total. The van der Waals surface area contributed by atoms with E-state index >= 15 is 0 Å². The summed E-state index contributed by atoms with van der Waals surface area (Å²) >= 11 is 2.94. The normalized spacial score (nSPS) is 14.9. The lowest BCUT2D eigenvalue weighted by Gasteiger charge is -2.26. The highest BCUT2D eigenvalue weighted by Gasteiger charge is 2.33. The van der Waals surface area contributed by atoms with E-state index in [1.54, 1.807) is 47.0 Å². The summed E-state index contributed by atoms with van der Waals surface area (Å²) in [6.07, 6.45) is 0. The quantitative estimate of drug-likeness (QED) is 0.159. The first-order chi connectivity index (χ1) is 39.9. The van der Waals surface area contributed by atoms with Gasteiger partial charge in [-0.1, -0.05) is 182 Å². The van der Waals surface area contributed by atoms with Gasteiger partial charge >= 0.3 is 0 Å². The van der Waals surface area contributed by atoms with Crippen LogP contribution >= 0.6 is 22.7 Å². The van der Waals surface area contributed by atoms with Crippen molar-refractivity contribution in [2.75, 3.05) is 0 Å². The molecule has 0 amide bonds. The number of rotatable bonds is 5. The molecule has 0 saturated carbocycles. The van der Waals surface area contributed by atoms with E-state index in [0.717, 1.165) is 40.3 Å². The van der Waals surface area contributed by atoms with Gasteiger partial charge in [0.25, 0.3) is 0 Å². The molecule has 6 heteroatoms. The molecule has 0 saturated heterocycles. The highest BCUT2D eigenvalue weighted by Crippen LogP contribution is 2.55. The zero-order valence-electron chi connectivity index (χ0n) is 50.1. The average Bonchev–Trinajstić information content (AvgIpc) is 1.73. The number of nitrogens with zero attached hydrogens (tertiary/aromatic N) is 4. The third-order valence-corrected chi connectivity index (χ3v) is 15.2. The van der Waals surface area contributed by atoms with Crippen LogP contribution in [-0.2, 0) is 0 Å². The molecule has 0 radical (unpaired) electrons. The van der Waals surface area contributed by atoms with Gasteiger partial charge in [-0.25, -0.2) is 4.85 Å². The van der Waals surface area contributed by atoms with Crippen molar-refractivity contribution < 1.29 is 20.6 Å². The van der Waals surface area contributed by atoms with E-state index < -0.39 is 119 Å². The van der Waals surface area contributed by atoms with Crippen LogP contribution in [0.25, 0.3) is 134 Å². The Kier molecular flexibility index (Phi) is 5.77. The molecule has 0 bridgehead atoms. The minimum absolute atomic E-state index is 0.142. The summed E-state index contributed by atoms with van der Waals surface area (Å²) in [7, 11) is 0. The van der Waals surface area contributed by atoms with Crippen molar-refractivity contribution in [2.24, 2.45) is 0 Å². The van der Waals surface area contributed by atoms with Crippen molar-refractivity contribution in [2.45, 2.75) is 0 Å². The maximum atomic E-state index is 12.2. The predicted octanol–water partition coefficient (Wildman–Crippen LogP) is 18.0. The van der Waals surface area contributed by atoms with E-state index in [2.05, 4.69) is 10.9 Å². The van der Waals surface area contributed by atoms with Crippen LogP contribution in [0.1, 0.15) is 26.1 Å². The summed E-state index contributed by atoms with van der Waals surface area (Å²) in [6, 6.07) is 27.6. The third-order valence-electron chi connectivity index (χ3n) is 12.8. The molecule has 0 aliphatic heterocycles. The van der Waals surface area contributed by atoms with E-state index in [0.29, 0.717) is 38.1 Å². The fourth-order valence-electron chi connectivity index (χ4n) is 10.1. The van der Waals surface area contributed by atoms with Crippen LogP contribution in [0, 0.1) is 17.9 Å². The molecule has 68 heavy (non-hydrogen) atoms. The first-order valence-corrected chi connectivity index (χ1v) is 23.0. The monoisotopic (exact) mass is 913 g/mol. The van der Waals surface area contributed by atoms with Gasteiger partial charge in [0.2, 0.25) is 5.69 Å². The molecule has 0 fully saturated rings. The SMILES string of the molecule is [2H]c1c([2H])c([2H])c(-c2ccc3c4ccccc4n(-c4c(C#N)c(-c5c([2H])c([2H])c([2H])c([2H])c5[2H])c([N+]#[C-])c(-n5c6c(ccc7c8ccccc8sc76)c6ccc7c8ccccc8sc7c65)c4-c4c([2H])c([2H])c([2H])c([2H])c4[2H])c3c2)c([2H])c1[2H]. The van der Waals surface area contributed by atoms with Crippen molar-refractivity contribution in [1.29, 1.82) is 5.26 Å². The Morgan fingerprint density at radius 2 is 0.941 bits per heavy atom. The Hall–Kier alpha value is -8.78. The Morgan fingerprint density at radius 1 is 0.456 bits per heavy atom. The lowest BCUT2D eigenvalue weighted by Crippen LogP contribution is -2.09. The fraction of sp³-hybridized carbons (Fsp3) is 0. The van der Waals surface area contributed by atoms with Crippen LogP contribution in [-0.4, -0.2) is 9.13 Å². The molecule has 0 atom stereocenters. The zero-order valence-corrected chi connectivity index (χ0v) is 36.7. The number of nitriles is 1. The summed E-state index contributed by atoms with van der Waals surface area (Å²) in [5.74, 6) is 0. The average molecular weight is 914 g/mol. The molecular formula is C62H34N4S2. The lowest BCUT2D eigenvalue weighted by molar-refractivity contribution is 1.14. The van der Waals surface area contributed by atoms with Crippen molar-refractivity contribution >= 4 is 112 Å². The molecule has 0 aliphatic rings. The maximum Gasteiger partial charge on any atom is 0.220 e.